The highest BCUT2D eigenvalue weighted by Gasteiger charge is 2.20. The molecule has 0 fully saturated rings. The molecule has 4 N–H and O–H groups in total. The first kappa shape index (κ1) is 13.9. The molecule has 0 saturated heterocycles. The summed E-state index contributed by atoms with van der Waals surface area (Å²) in [6.07, 6.45) is 2.43. The number of aromatic nitrogens is 1. The summed E-state index contributed by atoms with van der Waals surface area (Å²) >= 11 is 1.64. The number of para-hydroxylation sites is 1. The van der Waals surface area contributed by atoms with E-state index < -0.39 is 0 Å². The van der Waals surface area contributed by atoms with Crippen LogP contribution in [-0.2, 0) is 7.05 Å². The summed E-state index contributed by atoms with van der Waals surface area (Å²) in [5.74, 6) is 0. The van der Waals surface area contributed by atoms with Gasteiger partial charge in [0.25, 0.3) is 0 Å². The van der Waals surface area contributed by atoms with Crippen LogP contribution < -0.4 is 15.7 Å². The molecule has 1 aromatic carbocycles. The zero-order valence-electron chi connectivity index (χ0n) is 12.1. The van der Waals surface area contributed by atoms with E-state index in [2.05, 4.69) is 27.2 Å². The summed E-state index contributed by atoms with van der Waals surface area (Å²) in [6.45, 7) is 1.98. The number of nitrogens with zero attached hydrogens (tertiary/aromatic N) is 2. The Kier molecular flexibility index (Phi) is 3.57. The first-order chi connectivity index (χ1) is 10.1. The van der Waals surface area contributed by atoms with Crippen molar-refractivity contribution in [3.05, 3.63) is 35.9 Å². The standard InChI is InChI=1S/C15H17N5S/c1-9-7-12(11(17)8-10(9)16)18-19-15-20(2)13-5-3-4-6-14(13)21-15/h3-7,10,17H,8,16H2,1-2H3/p+1. The largest absolute Gasteiger partial charge is 0.359 e. The second kappa shape index (κ2) is 5.38. The van der Waals surface area contributed by atoms with Crippen LogP contribution in [0.4, 0.5) is 5.13 Å². The molecule has 0 spiro atoms. The predicted molar refractivity (Wildman–Crippen MR) is 88.1 cm³/mol. The van der Waals surface area contributed by atoms with E-state index >= 15 is 0 Å². The van der Waals surface area contributed by atoms with Gasteiger partial charge in [0.15, 0.2) is 0 Å². The fourth-order valence-electron chi connectivity index (χ4n) is 2.30. The summed E-state index contributed by atoms with van der Waals surface area (Å²) in [5.41, 5.74) is 12.4. The third kappa shape index (κ3) is 2.59. The molecule has 108 valence electrons. The normalized spacial score (nSPS) is 20.9. The van der Waals surface area contributed by atoms with E-state index in [4.69, 9.17) is 11.1 Å². The van der Waals surface area contributed by atoms with Crippen LogP contribution in [0.5, 0.6) is 0 Å². The maximum Gasteiger partial charge on any atom is 0.359 e. The van der Waals surface area contributed by atoms with Gasteiger partial charge in [0.05, 0.1) is 17.5 Å². The van der Waals surface area contributed by atoms with Gasteiger partial charge in [0.2, 0.25) is 0 Å². The minimum atomic E-state index is -0.0584. The number of rotatable bonds is 2. The molecule has 1 aliphatic carbocycles. The quantitative estimate of drug-likeness (QED) is 0.587. The van der Waals surface area contributed by atoms with Crippen LogP contribution in [0, 0.1) is 5.41 Å². The molecule has 21 heavy (non-hydrogen) atoms. The zero-order chi connectivity index (χ0) is 15.0. The number of anilines is 1. The van der Waals surface area contributed by atoms with E-state index in [0.29, 0.717) is 17.8 Å². The monoisotopic (exact) mass is 300 g/mol. The maximum atomic E-state index is 7.99. The summed E-state index contributed by atoms with van der Waals surface area (Å²) < 4.78 is 3.27. The average molecular weight is 300 g/mol. The third-order valence-electron chi connectivity index (χ3n) is 3.69. The smallest absolute Gasteiger partial charge is 0.324 e. The number of hydrazone groups is 1. The number of nitrogens with two attached hydrogens (primary N) is 1. The van der Waals surface area contributed by atoms with Crippen molar-refractivity contribution in [2.75, 3.05) is 5.43 Å². The van der Waals surface area contributed by atoms with Gasteiger partial charge in [0.1, 0.15) is 11.2 Å². The zero-order valence-corrected chi connectivity index (χ0v) is 12.9. The summed E-state index contributed by atoms with van der Waals surface area (Å²) in [7, 11) is 2.00. The van der Waals surface area contributed by atoms with Crippen molar-refractivity contribution >= 4 is 38.1 Å². The lowest BCUT2D eigenvalue weighted by atomic mass is 9.93. The molecule has 1 aliphatic rings. The lowest BCUT2D eigenvalue weighted by molar-refractivity contribution is -0.626. The first-order valence-electron chi connectivity index (χ1n) is 6.79. The van der Waals surface area contributed by atoms with Gasteiger partial charge in [-0.1, -0.05) is 22.8 Å². The van der Waals surface area contributed by atoms with Gasteiger partial charge in [-0.3, -0.25) is 0 Å². The van der Waals surface area contributed by atoms with Crippen molar-refractivity contribution in [3.8, 4) is 0 Å². The van der Waals surface area contributed by atoms with Crippen LogP contribution >= 0.6 is 11.3 Å². The second-order valence-electron chi connectivity index (χ2n) is 5.22. The van der Waals surface area contributed by atoms with Crippen molar-refractivity contribution in [3.63, 3.8) is 0 Å². The van der Waals surface area contributed by atoms with Crippen LogP contribution in [0.2, 0.25) is 0 Å². The highest BCUT2D eigenvalue weighted by molar-refractivity contribution is 7.21. The predicted octanol–water partition coefficient (Wildman–Crippen LogP) is 2.19. The Labute approximate surface area is 127 Å². The third-order valence-corrected chi connectivity index (χ3v) is 4.82. The van der Waals surface area contributed by atoms with Gasteiger partial charge >= 0.3 is 5.13 Å². The fourth-order valence-corrected chi connectivity index (χ4v) is 3.29. The van der Waals surface area contributed by atoms with Crippen molar-refractivity contribution in [2.24, 2.45) is 17.9 Å². The van der Waals surface area contributed by atoms with Gasteiger partial charge in [0, 0.05) is 12.5 Å². The molecule has 0 radical (unpaired) electrons. The molecule has 1 unspecified atom stereocenters. The fraction of sp³-hybridized carbons (Fsp3) is 0.267. The van der Waals surface area contributed by atoms with Gasteiger partial charge in [-0.15, -0.1) is 5.43 Å². The van der Waals surface area contributed by atoms with Gasteiger partial charge in [-0.25, -0.2) is 4.57 Å². The molecule has 0 bridgehead atoms. The second-order valence-corrected chi connectivity index (χ2v) is 6.25. The van der Waals surface area contributed by atoms with Crippen LogP contribution in [-0.4, -0.2) is 17.5 Å². The average Bonchev–Trinajstić information content (AvgIpc) is 2.79. The number of thiazole rings is 1. The number of nitrogens with one attached hydrogen (secondary N) is 2. The highest BCUT2D eigenvalue weighted by Crippen LogP contribution is 2.23. The highest BCUT2D eigenvalue weighted by atomic mass is 32.1. The van der Waals surface area contributed by atoms with E-state index in [1.165, 1.54) is 4.70 Å². The van der Waals surface area contributed by atoms with E-state index in [0.717, 1.165) is 16.2 Å². The van der Waals surface area contributed by atoms with Gasteiger partial charge < -0.3 is 11.1 Å². The summed E-state index contributed by atoms with van der Waals surface area (Å²) in [5, 5.41) is 13.3. The van der Waals surface area contributed by atoms with E-state index in [1.54, 1.807) is 11.3 Å². The van der Waals surface area contributed by atoms with E-state index in [9.17, 15) is 0 Å². The SMILES string of the molecule is CC1=CC(=NNc2sc3ccccc3[n+]2C)C(=N)CC1N. The molecule has 2 aromatic rings. The Bertz CT molecular complexity index is 771. The maximum absolute atomic E-state index is 7.99. The summed E-state index contributed by atoms with van der Waals surface area (Å²) in [6, 6.07) is 8.16. The molecule has 0 saturated carbocycles. The van der Waals surface area contributed by atoms with Crippen LogP contribution in [0.15, 0.2) is 41.0 Å². The molecule has 1 heterocycles. The number of hydrogen-bond acceptors (Lipinski definition) is 5. The molecule has 0 aliphatic heterocycles. The number of benzene rings is 1. The topological polar surface area (TPSA) is 78.1 Å². The van der Waals surface area contributed by atoms with Crippen molar-refractivity contribution in [2.45, 2.75) is 19.4 Å². The Hall–Kier alpha value is -2.05. The lowest BCUT2D eigenvalue weighted by Crippen LogP contribution is -2.33. The Morgan fingerprint density at radius 2 is 2.19 bits per heavy atom. The molecule has 3 rings (SSSR count). The van der Waals surface area contributed by atoms with Crippen LogP contribution in [0.3, 0.4) is 0 Å². The molecule has 5 nitrogen and oxygen atoms in total. The number of allylic oxidation sites excluding steroid dienone is 1. The lowest BCUT2D eigenvalue weighted by Gasteiger charge is -2.18. The number of hydrogen-bond donors (Lipinski definition) is 3. The van der Waals surface area contributed by atoms with Crippen molar-refractivity contribution < 1.29 is 4.57 Å². The molecule has 1 aromatic heterocycles. The molecule has 1 atom stereocenters. The number of fused-ring (bicyclic) bond motifs is 1. The summed E-state index contributed by atoms with van der Waals surface area (Å²) in [4.78, 5) is 0. The van der Waals surface area contributed by atoms with E-state index in [1.807, 2.05) is 32.2 Å². The Morgan fingerprint density at radius 3 is 2.95 bits per heavy atom. The van der Waals surface area contributed by atoms with Crippen LogP contribution in [0.25, 0.3) is 10.2 Å². The Balaban J connectivity index is 1.91. The number of aryl methyl sites for hydroxylation is 1. The molecular weight excluding hydrogens is 282 g/mol. The van der Waals surface area contributed by atoms with Crippen LogP contribution in [0.1, 0.15) is 13.3 Å². The van der Waals surface area contributed by atoms with Gasteiger partial charge in [-0.2, -0.15) is 0 Å². The molecule has 6 heteroatoms. The van der Waals surface area contributed by atoms with E-state index in [-0.39, 0.29) is 6.04 Å². The Morgan fingerprint density at radius 1 is 1.43 bits per heavy atom. The first-order valence-corrected chi connectivity index (χ1v) is 7.60. The van der Waals surface area contributed by atoms with Gasteiger partial charge in [-0.05, 0) is 36.5 Å². The molecule has 0 amide bonds. The van der Waals surface area contributed by atoms with Crippen molar-refractivity contribution in [1.29, 1.82) is 5.41 Å². The minimum absolute atomic E-state index is 0.0584. The van der Waals surface area contributed by atoms with Crippen molar-refractivity contribution in [1.82, 2.24) is 0 Å². The minimum Gasteiger partial charge on any atom is -0.324 e. The molecular formula is C15H18N5S+.